The summed E-state index contributed by atoms with van der Waals surface area (Å²) < 4.78 is 90.6. The Morgan fingerprint density at radius 2 is 1.80 bits per heavy atom. The van der Waals surface area contributed by atoms with Gasteiger partial charge in [-0.05, 0) is 64.9 Å². The Bertz CT molecular complexity index is 1470. The van der Waals surface area contributed by atoms with Crippen LogP contribution in [0.4, 0.5) is 17.6 Å². The first-order valence-corrected chi connectivity index (χ1v) is 14.5. The molecule has 14 heteroatoms. The Balaban J connectivity index is 1.31. The van der Waals surface area contributed by atoms with Gasteiger partial charge in [-0.3, -0.25) is 0 Å². The van der Waals surface area contributed by atoms with Crippen LogP contribution in [0.1, 0.15) is 37.3 Å². The molecule has 1 unspecified atom stereocenters. The molecule has 2 aromatic carbocycles. The van der Waals surface area contributed by atoms with Crippen molar-refractivity contribution in [3.8, 4) is 5.75 Å². The van der Waals surface area contributed by atoms with Crippen LogP contribution in [-0.2, 0) is 27.4 Å². The van der Waals surface area contributed by atoms with Gasteiger partial charge in [-0.2, -0.15) is 0 Å². The highest BCUT2D eigenvalue weighted by molar-refractivity contribution is 7.91. The number of sulfone groups is 1. The van der Waals surface area contributed by atoms with Gasteiger partial charge in [-0.25, -0.2) is 30.7 Å². The summed E-state index contributed by atoms with van der Waals surface area (Å²) in [6.07, 6.45) is -0.0793. The van der Waals surface area contributed by atoms with E-state index in [2.05, 4.69) is 15.5 Å². The van der Waals surface area contributed by atoms with Crippen molar-refractivity contribution < 1.29 is 40.9 Å². The van der Waals surface area contributed by atoms with Crippen LogP contribution in [0.25, 0.3) is 0 Å². The molecule has 3 fully saturated rings. The molecule has 40 heavy (non-hydrogen) atoms. The summed E-state index contributed by atoms with van der Waals surface area (Å²) in [7, 11) is -3.36. The third-order valence-corrected chi connectivity index (χ3v) is 9.94. The van der Waals surface area contributed by atoms with E-state index in [1.54, 1.807) is 24.3 Å². The van der Waals surface area contributed by atoms with Gasteiger partial charge in [0.15, 0.2) is 15.4 Å². The van der Waals surface area contributed by atoms with Crippen LogP contribution < -0.4 is 4.74 Å². The van der Waals surface area contributed by atoms with Gasteiger partial charge in [-0.15, -0.1) is 5.10 Å². The number of tetrazole rings is 1. The lowest BCUT2D eigenvalue weighted by Gasteiger charge is -2.74. The first-order chi connectivity index (χ1) is 18.7. The van der Waals surface area contributed by atoms with Crippen molar-refractivity contribution in [2.24, 2.45) is 5.41 Å². The van der Waals surface area contributed by atoms with E-state index in [0.717, 1.165) is 28.7 Å². The van der Waals surface area contributed by atoms with Gasteiger partial charge < -0.3 is 14.9 Å². The maximum absolute atomic E-state index is 16.3. The maximum atomic E-state index is 16.3. The van der Waals surface area contributed by atoms with Gasteiger partial charge in [0.1, 0.15) is 36.4 Å². The second-order valence-corrected chi connectivity index (χ2v) is 13.2. The van der Waals surface area contributed by atoms with Crippen LogP contribution >= 0.6 is 0 Å². The van der Waals surface area contributed by atoms with Gasteiger partial charge in [0, 0.05) is 22.8 Å². The van der Waals surface area contributed by atoms with Crippen molar-refractivity contribution in [3.63, 3.8) is 0 Å². The summed E-state index contributed by atoms with van der Waals surface area (Å²) in [5.41, 5.74) is -5.21. The molecule has 9 nitrogen and oxygen atoms in total. The average Bonchev–Trinajstić information content (AvgIpc) is 3.34. The van der Waals surface area contributed by atoms with Gasteiger partial charge >= 0.3 is 0 Å². The van der Waals surface area contributed by atoms with Crippen LogP contribution in [0, 0.1) is 17.0 Å². The number of benzene rings is 2. The summed E-state index contributed by atoms with van der Waals surface area (Å²) in [6, 6.07) is 8.75. The predicted molar refractivity (Wildman–Crippen MR) is 133 cm³/mol. The molecule has 2 bridgehead atoms. The molecule has 3 saturated carbocycles. The number of hydrogen-bond donors (Lipinski definition) is 2. The molecule has 2 atom stereocenters. The monoisotopic (exact) mass is 584 g/mol. The lowest BCUT2D eigenvalue weighted by Crippen LogP contribution is -2.76. The topological polar surface area (TPSA) is 127 Å². The van der Waals surface area contributed by atoms with Crippen LogP contribution in [0.5, 0.6) is 5.75 Å². The fraction of sp³-hybridized carbons (Fsp3) is 0.500. The van der Waals surface area contributed by atoms with E-state index in [1.165, 1.54) is 6.92 Å². The molecule has 0 saturated heterocycles. The summed E-state index contributed by atoms with van der Waals surface area (Å²) in [5, 5.41) is 31.7. The van der Waals surface area contributed by atoms with E-state index in [1.807, 2.05) is 0 Å². The standard InChI is InChI=1S/C26H28F4N4O5S/c1-2-40(37,38)11-19(35)10-39-20-6-3-17(4-7-20)23-12-24(13-23,14-23)26(29,30)25(36,15-34-16-31-32-33-34)21-8-5-18(27)9-22(21)28/h3-9,16,19,35-36H,2,10-15H2,1H3/t19-,23?,24?,25?/m0/s1. The second kappa shape index (κ2) is 9.77. The molecule has 0 aliphatic heterocycles. The zero-order valence-electron chi connectivity index (χ0n) is 21.5. The molecule has 3 aromatic rings. The summed E-state index contributed by atoms with van der Waals surface area (Å²) >= 11 is 0. The molecule has 2 N–H and O–H groups in total. The highest BCUT2D eigenvalue weighted by atomic mass is 32.2. The van der Waals surface area contributed by atoms with Crippen molar-refractivity contribution in [2.75, 3.05) is 18.1 Å². The normalized spacial score (nSPS) is 24.5. The first kappa shape index (κ1) is 28.4. The van der Waals surface area contributed by atoms with E-state index in [4.69, 9.17) is 4.74 Å². The highest BCUT2D eigenvalue weighted by Crippen LogP contribution is 2.80. The van der Waals surface area contributed by atoms with Gasteiger partial charge in [0.2, 0.25) is 0 Å². The van der Waals surface area contributed by atoms with Gasteiger partial charge in [0.25, 0.3) is 5.92 Å². The Hall–Kier alpha value is -3.10. The molecule has 3 aliphatic carbocycles. The lowest BCUT2D eigenvalue weighted by molar-refractivity contribution is -0.347. The third-order valence-electron chi connectivity index (χ3n) is 8.17. The van der Waals surface area contributed by atoms with E-state index < -0.39 is 67.8 Å². The smallest absolute Gasteiger partial charge is 0.287 e. The number of halogens is 4. The van der Waals surface area contributed by atoms with Crippen LogP contribution in [0.3, 0.4) is 0 Å². The fourth-order valence-corrected chi connectivity index (χ4v) is 7.01. The molecule has 3 aliphatic rings. The van der Waals surface area contributed by atoms with Crippen molar-refractivity contribution in [3.05, 3.63) is 71.6 Å². The number of ether oxygens (including phenoxy) is 1. The molecular weight excluding hydrogens is 556 g/mol. The first-order valence-electron chi connectivity index (χ1n) is 12.6. The molecule has 0 amide bonds. The van der Waals surface area contributed by atoms with Crippen LogP contribution in [0.2, 0.25) is 0 Å². The van der Waals surface area contributed by atoms with E-state index in [0.29, 0.717) is 11.8 Å². The number of rotatable bonds is 12. The van der Waals surface area contributed by atoms with E-state index >= 15 is 8.78 Å². The molecule has 216 valence electrons. The minimum atomic E-state index is -3.83. The summed E-state index contributed by atoms with van der Waals surface area (Å²) in [4.78, 5) is 0. The SMILES string of the molecule is CCS(=O)(=O)C[C@@H](O)COc1ccc(C23CC(C(F)(F)C(O)(Cn4cnnn4)c4ccc(F)cc4F)(C2)C3)cc1. The minimum absolute atomic E-state index is 0.0293. The zero-order chi connectivity index (χ0) is 29.0. The zero-order valence-corrected chi connectivity index (χ0v) is 22.3. The van der Waals surface area contributed by atoms with Crippen molar-refractivity contribution in [1.29, 1.82) is 0 Å². The number of aliphatic hydroxyl groups is 2. The Morgan fingerprint density at radius 1 is 1.12 bits per heavy atom. The molecule has 1 heterocycles. The number of aromatic nitrogens is 4. The predicted octanol–water partition coefficient (Wildman–Crippen LogP) is 2.77. The quantitative estimate of drug-likeness (QED) is 0.311. The van der Waals surface area contributed by atoms with Crippen LogP contribution in [-0.4, -0.2) is 69.0 Å². The fourth-order valence-electron chi connectivity index (χ4n) is 6.09. The Labute approximate surface area is 227 Å². The van der Waals surface area contributed by atoms with Crippen molar-refractivity contribution in [2.45, 2.75) is 55.8 Å². The summed E-state index contributed by atoms with van der Waals surface area (Å²) in [5.74, 6) is -6.22. The number of nitrogens with zero attached hydrogens (tertiary/aromatic N) is 4. The maximum Gasteiger partial charge on any atom is 0.287 e. The molecule has 1 aromatic heterocycles. The minimum Gasteiger partial charge on any atom is -0.491 e. The molecule has 6 rings (SSSR count). The van der Waals surface area contributed by atoms with Crippen molar-refractivity contribution >= 4 is 9.84 Å². The Kier molecular flexibility index (Phi) is 6.94. The summed E-state index contributed by atoms with van der Waals surface area (Å²) in [6.45, 7) is 0.420. The highest BCUT2D eigenvalue weighted by Gasteiger charge is 2.82. The lowest BCUT2D eigenvalue weighted by atomic mass is 9.30. The second-order valence-electron chi connectivity index (χ2n) is 10.8. The van der Waals surface area contributed by atoms with Gasteiger partial charge in [-0.1, -0.05) is 19.1 Å². The third kappa shape index (κ3) is 4.65. The number of hydrogen-bond acceptors (Lipinski definition) is 8. The number of aliphatic hydroxyl groups excluding tert-OH is 1. The molecule has 0 radical (unpaired) electrons. The largest absolute Gasteiger partial charge is 0.491 e. The molecular formula is C26H28F4N4O5S. The van der Waals surface area contributed by atoms with E-state index in [9.17, 15) is 27.4 Å². The average molecular weight is 585 g/mol. The van der Waals surface area contributed by atoms with Gasteiger partial charge in [0.05, 0.1) is 12.3 Å². The molecule has 0 spiro atoms. The van der Waals surface area contributed by atoms with E-state index in [-0.39, 0.29) is 31.6 Å². The Morgan fingerprint density at radius 3 is 2.38 bits per heavy atom. The van der Waals surface area contributed by atoms with Crippen LogP contribution in [0.15, 0.2) is 48.8 Å². The number of alkyl halides is 2. The van der Waals surface area contributed by atoms with Crippen molar-refractivity contribution in [1.82, 2.24) is 20.2 Å².